The minimum Gasteiger partial charge on any atom is -0.383 e. The molecule has 102 valence electrons. The monoisotopic (exact) mass is 310 g/mol. The summed E-state index contributed by atoms with van der Waals surface area (Å²) >= 11 is 11.4. The molecule has 2 aromatic rings. The van der Waals surface area contributed by atoms with Crippen molar-refractivity contribution in [3.8, 4) is 0 Å². The van der Waals surface area contributed by atoms with Crippen molar-refractivity contribution in [2.45, 2.75) is 0 Å². The van der Waals surface area contributed by atoms with Crippen LogP contribution in [0, 0.1) is 0 Å². The highest BCUT2D eigenvalue weighted by Gasteiger charge is 2.17. The molecule has 0 atom stereocenters. The van der Waals surface area contributed by atoms with E-state index in [0.29, 0.717) is 0 Å². The molecule has 2 rings (SSSR count). The molecule has 2 amide bonds. The molecule has 0 saturated carbocycles. The minimum absolute atomic E-state index is 0.0260. The number of hydrogen-bond acceptors (Lipinski definition) is 5. The van der Waals surface area contributed by atoms with E-state index in [2.05, 4.69) is 15.3 Å². The SMILES string of the molecule is Nc1ncccc1C(=O)NC(=O)c1ccc(Cl)nc1Cl. The maximum atomic E-state index is 11.9. The number of nitrogens with one attached hydrogen (secondary N) is 1. The van der Waals surface area contributed by atoms with Gasteiger partial charge in [0.1, 0.15) is 16.1 Å². The molecule has 0 aliphatic rings. The van der Waals surface area contributed by atoms with E-state index < -0.39 is 11.8 Å². The molecule has 2 heterocycles. The first-order valence-corrected chi connectivity index (χ1v) is 6.13. The number of anilines is 1. The second-order valence-corrected chi connectivity index (χ2v) is 4.44. The lowest BCUT2D eigenvalue weighted by Crippen LogP contribution is -2.31. The molecule has 8 heteroatoms. The number of carbonyl (C=O) groups excluding carboxylic acids is 2. The molecule has 0 aliphatic heterocycles. The molecule has 20 heavy (non-hydrogen) atoms. The van der Waals surface area contributed by atoms with E-state index in [4.69, 9.17) is 28.9 Å². The number of nitrogens with two attached hydrogens (primary N) is 1. The van der Waals surface area contributed by atoms with Gasteiger partial charge in [-0.25, -0.2) is 9.97 Å². The quantitative estimate of drug-likeness (QED) is 0.652. The molecule has 0 unspecified atom stereocenters. The van der Waals surface area contributed by atoms with E-state index in [1.54, 1.807) is 0 Å². The van der Waals surface area contributed by atoms with E-state index >= 15 is 0 Å². The lowest BCUT2D eigenvalue weighted by molar-refractivity contribution is 0.0849. The van der Waals surface area contributed by atoms with Gasteiger partial charge in [0.05, 0.1) is 11.1 Å². The van der Waals surface area contributed by atoms with Crippen molar-refractivity contribution in [2.24, 2.45) is 0 Å². The number of halogens is 2. The number of amides is 2. The third-order valence-electron chi connectivity index (χ3n) is 2.37. The summed E-state index contributed by atoms with van der Waals surface area (Å²) in [5, 5.41) is 2.20. The molecule has 0 aromatic carbocycles. The Balaban J connectivity index is 2.20. The van der Waals surface area contributed by atoms with Gasteiger partial charge in [-0.2, -0.15) is 0 Å². The van der Waals surface area contributed by atoms with Crippen LogP contribution in [-0.4, -0.2) is 21.8 Å². The van der Waals surface area contributed by atoms with Crippen molar-refractivity contribution in [1.82, 2.24) is 15.3 Å². The third kappa shape index (κ3) is 3.04. The molecular formula is C12H8Cl2N4O2. The molecular weight excluding hydrogens is 303 g/mol. The van der Waals surface area contributed by atoms with Gasteiger partial charge in [-0.3, -0.25) is 14.9 Å². The number of hydrogen-bond donors (Lipinski definition) is 2. The molecule has 6 nitrogen and oxygen atoms in total. The Kier molecular flexibility index (Phi) is 4.16. The zero-order chi connectivity index (χ0) is 14.7. The van der Waals surface area contributed by atoms with Gasteiger partial charge in [-0.15, -0.1) is 0 Å². The fourth-order valence-corrected chi connectivity index (χ4v) is 1.86. The van der Waals surface area contributed by atoms with Crippen LogP contribution in [0.5, 0.6) is 0 Å². The highest BCUT2D eigenvalue weighted by atomic mass is 35.5. The molecule has 0 fully saturated rings. The van der Waals surface area contributed by atoms with Crippen LogP contribution in [0.3, 0.4) is 0 Å². The summed E-state index contributed by atoms with van der Waals surface area (Å²) in [7, 11) is 0. The predicted molar refractivity (Wildman–Crippen MR) is 74.7 cm³/mol. The molecule has 0 spiro atoms. The molecule has 2 aromatic heterocycles. The van der Waals surface area contributed by atoms with Crippen LogP contribution >= 0.6 is 23.2 Å². The van der Waals surface area contributed by atoms with Gasteiger partial charge in [-0.05, 0) is 24.3 Å². The Bertz CT molecular complexity index is 691. The van der Waals surface area contributed by atoms with Gasteiger partial charge >= 0.3 is 0 Å². The molecule has 0 bridgehead atoms. The lowest BCUT2D eigenvalue weighted by Gasteiger charge is -2.06. The maximum Gasteiger partial charge on any atom is 0.261 e. The van der Waals surface area contributed by atoms with E-state index in [1.165, 1.54) is 30.5 Å². The van der Waals surface area contributed by atoms with Crippen LogP contribution in [0.2, 0.25) is 10.3 Å². The first kappa shape index (κ1) is 14.2. The smallest absolute Gasteiger partial charge is 0.261 e. The number of nitrogens with zero attached hydrogens (tertiary/aromatic N) is 2. The van der Waals surface area contributed by atoms with E-state index in [1.807, 2.05) is 0 Å². The maximum absolute atomic E-state index is 11.9. The highest BCUT2D eigenvalue weighted by Crippen LogP contribution is 2.16. The number of pyridine rings is 2. The molecule has 0 radical (unpaired) electrons. The number of carbonyl (C=O) groups is 2. The summed E-state index contributed by atoms with van der Waals surface area (Å²) in [4.78, 5) is 31.3. The summed E-state index contributed by atoms with van der Waals surface area (Å²) in [6.07, 6.45) is 1.44. The number of nitrogen functional groups attached to an aromatic ring is 1. The number of aromatic nitrogens is 2. The van der Waals surface area contributed by atoms with Gasteiger partial charge < -0.3 is 5.73 Å². The Morgan fingerprint density at radius 1 is 1.10 bits per heavy atom. The number of imide groups is 1. The first-order chi connectivity index (χ1) is 9.49. The first-order valence-electron chi connectivity index (χ1n) is 5.37. The topological polar surface area (TPSA) is 98.0 Å². The molecule has 0 aliphatic carbocycles. The second kappa shape index (κ2) is 5.85. The predicted octanol–water partition coefficient (Wildman–Crippen LogP) is 1.94. The summed E-state index contributed by atoms with van der Waals surface area (Å²) in [6, 6.07) is 5.75. The van der Waals surface area contributed by atoms with Gasteiger partial charge in [0, 0.05) is 6.20 Å². The van der Waals surface area contributed by atoms with Gasteiger partial charge in [-0.1, -0.05) is 23.2 Å². The average Bonchev–Trinajstić information content (AvgIpc) is 2.38. The van der Waals surface area contributed by atoms with Crippen LogP contribution < -0.4 is 11.1 Å². The molecule has 0 saturated heterocycles. The third-order valence-corrected chi connectivity index (χ3v) is 2.87. The van der Waals surface area contributed by atoms with Crippen LogP contribution in [0.25, 0.3) is 0 Å². The Labute approximate surface area is 123 Å². The van der Waals surface area contributed by atoms with Crippen LogP contribution in [0.4, 0.5) is 5.82 Å². The van der Waals surface area contributed by atoms with E-state index in [-0.39, 0.29) is 27.3 Å². The standard InChI is InChI=1S/C12H8Cl2N4O2/c13-8-4-3-6(9(14)17-8)11(19)18-12(20)7-2-1-5-16-10(7)15/h1-5H,(H2,15,16)(H,18,19,20). The average molecular weight is 311 g/mol. The van der Waals surface area contributed by atoms with Gasteiger partial charge in [0.25, 0.3) is 11.8 Å². The summed E-state index contributed by atoms with van der Waals surface area (Å²) in [5.41, 5.74) is 5.68. The van der Waals surface area contributed by atoms with Crippen molar-refractivity contribution < 1.29 is 9.59 Å². The summed E-state index contributed by atoms with van der Waals surface area (Å²) in [6.45, 7) is 0. The largest absolute Gasteiger partial charge is 0.383 e. The van der Waals surface area contributed by atoms with Crippen LogP contribution in [0.15, 0.2) is 30.5 Å². The zero-order valence-corrected chi connectivity index (χ0v) is 11.4. The van der Waals surface area contributed by atoms with Crippen molar-refractivity contribution in [3.05, 3.63) is 51.9 Å². The van der Waals surface area contributed by atoms with Crippen molar-refractivity contribution in [3.63, 3.8) is 0 Å². The lowest BCUT2D eigenvalue weighted by atomic mass is 10.2. The van der Waals surface area contributed by atoms with Crippen molar-refractivity contribution in [1.29, 1.82) is 0 Å². The van der Waals surface area contributed by atoms with Gasteiger partial charge in [0.15, 0.2) is 0 Å². The van der Waals surface area contributed by atoms with Crippen molar-refractivity contribution in [2.75, 3.05) is 5.73 Å². The second-order valence-electron chi connectivity index (χ2n) is 3.69. The molecule has 3 N–H and O–H groups in total. The fourth-order valence-electron chi connectivity index (χ4n) is 1.43. The Morgan fingerprint density at radius 3 is 2.45 bits per heavy atom. The van der Waals surface area contributed by atoms with E-state index in [0.717, 1.165) is 0 Å². The van der Waals surface area contributed by atoms with Crippen LogP contribution in [-0.2, 0) is 0 Å². The van der Waals surface area contributed by atoms with E-state index in [9.17, 15) is 9.59 Å². The number of rotatable bonds is 2. The minimum atomic E-state index is -0.701. The normalized spacial score (nSPS) is 10.1. The van der Waals surface area contributed by atoms with Gasteiger partial charge in [0.2, 0.25) is 0 Å². The zero-order valence-electron chi connectivity index (χ0n) is 9.93. The summed E-state index contributed by atoms with van der Waals surface area (Å²) < 4.78 is 0. The Morgan fingerprint density at radius 2 is 1.80 bits per heavy atom. The van der Waals surface area contributed by atoms with Crippen LogP contribution in [0.1, 0.15) is 20.7 Å². The highest BCUT2D eigenvalue weighted by molar-refractivity contribution is 6.35. The summed E-state index contributed by atoms with van der Waals surface area (Å²) in [5.74, 6) is -1.35. The fraction of sp³-hybridized carbons (Fsp3) is 0. The Hall–Kier alpha value is -2.18. The van der Waals surface area contributed by atoms with Crippen molar-refractivity contribution >= 4 is 40.8 Å².